The van der Waals surface area contributed by atoms with Gasteiger partial charge in [0.25, 0.3) is 0 Å². The molecule has 35 heavy (non-hydrogen) atoms. The van der Waals surface area contributed by atoms with Crippen LogP contribution in [0.5, 0.6) is 0 Å². The van der Waals surface area contributed by atoms with Crippen molar-refractivity contribution >= 4 is 16.1 Å². The van der Waals surface area contributed by atoms with Gasteiger partial charge in [-0.2, -0.15) is 23.7 Å². The van der Waals surface area contributed by atoms with E-state index in [9.17, 15) is 42.7 Å². The fraction of sp³-hybridized carbons (Fsp3) is 0.286. The van der Waals surface area contributed by atoms with Crippen molar-refractivity contribution in [3.8, 4) is 12.1 Å². The Labute approximate surface area is 194 Å². The summed E-state index contributed by atoms with van der Waals surface area (Å²) in [4.78, 5) is 10.1. The average molecular weight is 527 g/mol. The standard InChI is InChI=1S/C21H17F8N3O2S/c1-20(12-31,13-34-18-4-2-3-15(11-30)9-17(18)21(22,23)24)32-19(33)10-14-5-7-16(8-6-14)35(25,26,27,28)29/h3-9H,2,10,13H2,1H3,(H,32,33). The molecule has 1 amide bonds. The number of rotatable bonds is 7. The van der Waals surface area contributed by atoms with Gasteiger partial charge in [-0.15, -0.1) is 0 Å². The largest absolute Gasteiger partial charge is 0.490 e. The monoisotopic (exact) mass is 527 g/mol. The first-order chi connectivity index (χ1) is 15.8. The molecule has 2 rings (SSSR count). The molecule has 1 aromatic rings. The van der Waals surface area contributed by atoms with Crippen molar-refractivity contribution in [2.75, 3.05) is 6.61 Å². The lowest BCUT2D eigenvalue weighted by Gasteiger charge is -2.40. The summed E-state index contributed by atoms with van der Waals surface area (Å²) in [6, 6.07) is 4.87. The predicted molar refractivity (Wildman–Crippen MR) is 110 cm³/mol. The number of ether oxygens (including phenoxy) is 1. The normalized spacial score (nSPS) is 18.1. The number of hydrogen-bond donors (Lipinski definition) is 1. The number of hydrogen-bond acceptors (Lipinski definition) is 4. The summed E-state index contributed by atoms with van der Waals surface area (Å²) < 4.78 is 109. The number of alkyl halides is 3. The van der Waals surface area contributed by atoms with Crippen LogP contribution in [0.25, 0.3) is 0 Å². The minimum atomic E-state index is -9.88. The quantitative estimate of drug-likeness (QED) is 0.409. The van der Waals surface area contributed by atoms with E-state index in [2.05, 4.69) is 5.32 Å². The zero-order valence-corrected chi connectivity index (χ0v) is 18.6. The summed E-state index contributed by atoms with van der Waals surface area (Å²) in [5.41, 5.74) is -3.47. The van der Waals surface area contributed by atoms with Gasteiger partial charge in [-0.1, -0.05) is 37.6 Å². The third-order valence-corrected chi connectivity index (χ3v) is 5.72. The number of allylic oxidation sites excluding steroid dienone is 5. The molecule has 0 radical (unpaired) electrons. The van der Waals surface area contributed by atoms with Crippen molar-refractivity contribution in [3.63, 3.8) is 0 Å². The fourth-order valence-electron chi connectivity index (χ4n) is 2.84. The van der Waals surface area contributed by atoms with Gasteiger partial charge in [-0.05, 0) is 43.2 Å². The molecule has 0 saturated carbocycles. The molecule has 1 aliphatic rings. The van der Waals surface area contributed by atoms with Crippen molar-refractivity contribution in [2.45, 2.75) is 36.4 Å². The molecule has 0 aliphatic heterocycles. The van der Waals surface area contributed by atoms with E-state index in [1.165, 1.54) is 6.08 Å². The van der Waals surface area contributed by atoms with Gasteiger partial charge in [0.05, 0.1) is 24.1 Å². The van der Waals surface area contributed by atoms with Crippen molar-refractivity contribution in [1.82, 2.24) is 5.32 Å². The first-order valence-electron chi connectivity index (χ1n) is 9.54. The summed E-state index contributed by atoms with van der Waals surface area (Å²) >= 11 is 0. The molecular formula is C21H17F8N3O2S. The lowest BCUT2D eigenvalue weighted by Crippen LogP contribution is -2.49. The summed E-state index contributed by atoms with van der Waals surface area (Å²) in [6.45, 7) is 0.384. The van der Waals surface area contributed by atoms with Crippen LogP contribution in [0.4, 0.5) is 32.6 Å². The van der Waals surface area contributed by atoms with E-state index in [0.717, 1.165) is 13.0 Å². The first kappa shape index (κ1) is 27.7. The second-order valence-corrected chi connectivity index (χ2v) is 10.1. The van der Waals surface area contributed by atoms with E-state index in [1.54, 1.807) is 12.1 Å². The minimum absolute atomic E-state index is 0.0705. The number of nitriles is 2. The van der Waals surface area contributed by atoms with Crippen LogP contribution < -0.4 is 5.32 Å². The maximum atomic E-state index is 13.4. The Hall–Kier alpha value is -3.52. The van der Waals surface area contributed by atoms with Crippen LogP contribution in [0.15, 0.2) is 64.3 Å². The second kappa shape index (κ2) is 8.61. The highest BCUT2D eigenvalue weighted by Crippen LogP contribution is 3.02. The molecule has 1 unspecified atom stereocenters. The van der Waals surface area contributed by atoms with Crippen LogP contribution in [-0.4, -0.2) is 24.2 Å². The van der Waals surface area contributed by atoms with E-state index in [4.69, 9.17) is 10.00 Å². The molecule has 1 N–H and O–H groups in total. The molecule has 0 spiro atoms. The SMILES string of the molecule is CC(C#N)(COC1=CCC=C(C#N)C=C1C(F)(F)F)NC(=O)Cc1ccc(S(F)(F)(F)(F)F)cc1. The van der Waals surface area contributed by atoms with Gasteiger partial charge in [0.1, 0.15) is 17.3 Å². The van der Waals surface area contributed by atoms with Crippen molar-refractivity contribution in [2.24, 2.45) is 0 Å². The number of carbonyl (C=O) groups excluding carboxylic acids is 1. The van der Waals surface area contributed by atoms with Gasteiger partial charge in [0, 0.05) is 5.57 Å². The topological polar surface area (TPSA) is 85.9 Å². The number of benzene rings is 1. The Bertz CT molecular complexity index is 1190. The minimum Gasteiger partial charge on any atom is -0.490 e. The molecule has 190 valence electrons. The maximum Gasteiger partial charge on any atom is 0.419 e. The zero-order valence-electron chi connectivity index (χ0n) is 17.8. The zero-order chi connectivity index (χ0) is 26.8. The van der Waals surface area contributed by atoms with Gasteiger partial charge in [-0.25, -0.2) is 0 Å². The van der Waals surface area contributed by atoms with Crippen LogP contribution in [0.2, 0.25) is 0 Å². The van der Waals surface area contributed by atoms with Crippen molar-refractivity contribution in [1.29, 1.82) is 10.5 Å². The van der Waals surface area contributed by atoms with E-state index < -0.39 is 57.1 Å². The van der Waals surface area contributed by atoms with Crippen LogP contribution in [0.3, 0.4) is 0 Å². The predicted octanol–water partition coefficient (Wildman–Crippen LogP) is 6.53. The molecule has 0 aromatic heterocycles. The highest BCUT2D eigenvalue weighted by molar-refractivity contribution is 8.45. The molecular weight excluding hydrogens is 510 g/mol. The summed E-state index contributed by atoms with van der Waals surface area (Å²) in [6.07, 6.45) is -2.71. The molecule has 1 aromatic carbocycles. The number of nitrogens with zero attached hydrogens (tertiary/aromatic N) is 2. The summed E-state index contributed by atoms with van der Waals surface area (Å²) in [5, 5.41) is 20.5. The molecule has 0 saturated heterocycles. The van der Waals surface area contributed by atoms with Gasteiger partial charge in [-0.3, -0.25) is 4.79 Å². The number of carbonyl (C=O) groups is 1. The molecule has 0 fully saturated rings. The number of amides is 1. The Morgan fingerprint density at radius 3 is 2.17 bits per heavy atom. The number of halogens is 8. The van der Waals surface area contributed by atoms with E-state index in [-0.39, 0.29) is 29.7 Å². The van der Waals surface area contributed by atoms with Gasteiger partial charge in [0.2, 0.25) is 5.91 Å². The fourth-order valence-corrected chi connectivity index (χ4v) is 3.50. The highest BCUT2D eigenvalue weighted by atomic mass is 32.5. The third-order valence-electron chi connectivity index (χ3n) is 4.55. The molecule has 1 aliphatic carbocycles. The smallest absolute Gasteiger partial charge is 0.419 e. The summed E-state index contributed by atoms with van der Waals surface area (Å²) in [7, 11) is -9.88. The molecule has 0 heterocycles. The maximum absolute atomic E-state index is 13.4. The van der Waals surface area contributed by atoms with E-state index in [0.29, 0.717) is 18.2 Å². The second-order valence-electron chi connectivity index (χ2n) is 7.70. The average Bonchev–Trinajstić information content (AvgIpc) is 2.93. The Morgan fingerprint density at radius 1 is 1.09 bits per heavy atom. The van der Waals surface area contributed by atoms with Gasteiger partial charge in [0.15, 0.2) is 5.54 Å². The van der Waals surface area contributed by atoms with Gasteiger partial charge < -0.3 is 10.1 Å². The lowest BCUT2D eigenvalue weighted by molar-refractivity contribution is -0.122. The molecule has 14 heteroatoms. The Kier molecular flexibility index (Phi) is 6.82. The van der Waals surface area contributed by atoms with E-state index >= 15 is 0 Å². The Balaban J connectivity index is 2.11. The molecule has 0 bridgehead atoms. The molecule has 5 nitrogen and oxygen atoms in total. The molecule has 1 atom stereocenters. The third kappa shape index (κ3) is 7.75. The first-order valence-corrected chi connectivity index (χ1v) is 11.5. The summed E-state index contributed by atoms with van der Waals surface area (Å²) in [5.74, 6) is -1.59. The van der Waals surface area contributed by atoms with Crippen LogP contribution in [-0.2, 0) is 16.0 Å². The number of nitrogens with one attached hydrogen (secondary N) is 1. The van der Waals surface area contributed by atoms with Crippen LogP contribution in [0.1, 0.15) is 18.9 Å². The van der Waals surface area contributed by atoms with Crippen molar-refractivity contribution < 1.29 is 42.1 Å². The highest BCUT2D eigenvalue weighted by Gasteiger charge is 2.65. The Morgan fingerprint density at radius 2 is 1.69 bits per heavy atom. The van der Waals surface area contributed by atoms with E-state index in [1.807, 2.05) is 0 Å². The van der Waals surface area contributed by atoms with Gasteiger partial charge >= 0.3 is 16.4 Å². The van der Waals surface area contributed by atoms with Crippen LogP contribution >= 0.6 is 10.2 Å². The van der Waals surface area contributed by atoms with Crippen molar-refractivity contribution in [3.05, 3.63) is 65.0 Å². The van der Waals surface area contributed by atoms with Crippen LogP contribution in [0, 0.1) is 22.7 Å². The lowest BCUT2D eigenvalue weighted by atomic mass is 10.0.